The Balaban J connectivity index is 1.47. The average Bonchev–Trinajstić information content (AvgIpc) is 2.94. The van der Waals surface area contributed by atoms with Crippen LogP contribution < -0.4 is 5.32 Å². The van der Waals surface area contributed by atoms with Crippen LogP contribution in [-0.4, -0.2) is 42.9 Å². The molecule has 4 rings (SSSR count). The number of nitrogens with zero attached hydrogens (tertiary/aromatic N) is 1. The van der Waals surface area contributed by atoms with Gasteiger partial charge in [0.1, 0.15) is 6.23 Å². The Labute approximate surface area is 134 Å². The minimum atomic E-state index is 0.274. The summed E-state index contributed by atoms with van der Waals surface area (Å²) in [5.41, 5.74) is 3.02. The van der Waals surface area contributed by atoms with Crippen molar-refractivity contribution >= 4 is 0 Å². The van der Waals surface area contributed by atoms with Gasteiger partial charge in [-0.2, -0.15) is 0 Å². The number of ether oxygens (including phenoxy) is 1. The molecule has 2 heterocycles. The molecular formula is C19H28N2O. The van der Waals surface area contributed by atoms with E-state index >= 15 is 0 Å². The summed E-state index contributed by atoms with van der Waals surface area (Å²) in [6.45, 7) is 3.19. The Morgan fingerprint density at radius 3 is 2.68 bits per heavy atom. The van der Waals surface area contributed by atoms with E-state index in [1.54, 1.807) is 0 Å². The monoisotopic (exact) mass is 300 g/mol. The molecule has 0 aromatic heterocycles. The molecule has 22 heavy (non-hydrogen) atoms. The smallest absolute Gasteiger partial charge is 0.115 e. The summed E-state index contributed by atoms with van der Waals surface area (Å²) < 4.78 is 6.44. The summed E-state index contributed by atoms with van der Waals surface area (Å²) >= 11 is 0. The van der Waals surface area contributed by atoms with Crippen molar-refractivity contribution in [1.29, 1.82) is 0 Å². The van der Waals surface area contributed by atoms with Crippen molar-refractivity contribution in [3.8, 4) is 0 Å². The molecule has 1 saturated heterocycles. The van der Waals surface area contributed by atoms with Gasteiger partial charge in [0, 0.05) is 25.0 Å². The molecule has 0 spiro atoms. The summed E-state index contributed by atoms with van der Waals surface area (Å²) in [4.78, 5) is 2.67. The standard InChI is InChI=1S/C19H28N2O/c1-2-6-16-13-19(22-14-17-7-4-11-20-17)21(18-8-3-9-18)12-10-15(16)5-1/h1-2,5-6,17-20H,3-4,7-14H2/t17-,19?/m1/s1. The maximum Gasteiger partial charge on any atom is 0.115 e. The van der Waals surface area contributed by atoms with Crippen molar-refractivity contribution < 1.29 is 4.74 Å². The fourth-order valence-corrected chi connectivity index (χ4v) is 4.12. The third-order valence-corrected chi connectivity index (χ3v) is 5.72. The topological polar surface area (TPSA) is 24.5 Å². The minimum absolute atomic E-state index is 0.274. The fourth-order valence-electron chi connectivity index (χ4n) is 4.12. The third kappa shape index (κ3) is 3.08. The first-order chi connectivity index (χ1) is 10.9. The molecule has 1 unspecified atom stereocenters. The predicted octanol–water partition coefficient (Wildman–Crippen LogP) is 2.73. The van der Waals surface area contributed by atoms with Gasteiger partial charge in [-0.25, -0.2) is 0 Å². The summed E-state index contributed by atoms with van der Waals surface area (Å²) in [5.74, 6) is 0. The van der Waals surface area contributed by atoms with Gasteiger partial charge in [0.15, 0.2) is 0 Å². The van der Waals surface area contributed by atoms with Gasteiger partial charge < -0.3 is 10.1 Å². The van der Waals surface area contributed by atoms with E-state index in [9.17, 15) is 0 Å². The molecular weight excluding hydrogens is 272 g/mol. The number of benzene rings is 1. The minimum Gasteiger partial charge on any atom is -0.361 e. The highest BCUT2D eigenvalue weighted by atomic mass is 16.5. The Bertz CT molecular complexity index is 494. The molecule has 2 atom stereocenters. The van der Waals surface area contributed by atoms with Gasteiger partial charge in [-0.3, -0.25) is 4.90 Å². The lowest BCUT2D eigenvalue weighted by atomic mass is 9.91. The number of rotatable bonds is 4. The number of hydrogen-bond acceptors (Lipinski definition) is 3. The van der Waals surface area contributed by atoms with E-state index < -0.39 is 0 Å². The Morgan fingerprint density at radius 1 is 1.09 bits per heavy atom. The van der Waals surface area contributed by atoms with E-state index in [4.69, 9.17) is 4.74 Å². The second-order valence-corrected chi connectivity index (χ2v) is 7.13. The van der Waals surface area contributed by atoms with Gasteiger partial charge in [0.2, 0.25) is 0 Å². The van der Waals surface area contributed by atoms with Gasteiger partial charge in [-0.1, -0.05) is 30.7 Å². The highest BCUT2D eigenvalue weighted by Crippen LogP contribution is 2.31. The summed E-state index contributed by atoms with van der Waals surface area (Å²) in [6.07, 6.45) is 9.19. The number of fused-ring (bicyclic) bond motifs is 1. The van der Waals surface area contributed by atoms with Crippen molar-refractivity contribution in [1.82, 2.24) is 10.2 Å². The van der Waals surface area contributed by atoms with E-state index in [2.05, 4.69) is 34.5 Å². The lowest BCUT2D eigenvalue weighted by Gasteiger charge is -2.41. The zero-order chi connectivity index (χ0) is 14.8. The van der Waals surface area contributed by atoms with Crippen LogP contribution in [0.4, 0.5) is 0 Å². The molecule has 3 heteroatoms. The molecule has 1 aromatic rings. The molecule has 0 amide bonds. The Morgan fingerprint density at radius 2 is 1.95 bits per heavy atom. The third-order valence-electron chi connectivity index (χ3n) is 5.72. The van der Waals surface area contributed by atoms with Crippen molar-refractivity contribution in [3.05, 3.63) is 35.4 Å². The average molecular weight is 300 g/mol. The van der Waals surface area contributed by atoms with Crippen LogP contribution in [0.25, 0.3) is 0 Å². The molecule has 120 valence electrons. The highest BCUT2D eigenvalue weighted by Gasteiger charge is 2.33. The van der Waals surface area contributed by atoms with Crippen LogP contribution in [0.3, 0.4) is 0 Å². The molecule has 1 saturated carbocycles. The molecule has 2 aliphatic heterocycles. The van der Waals surface area contributed by atoms with Crippen LogP contribution in [0.2, 0.25) is 0 Å². The summed E-state index contributed by atoms with van der Waals surface area (Å²) in [5, 5.41) is 3.56. The largest absolute Gasteiger partial charge is 0.361 e. The van der Waals surface area contributed by atoms with E-state index in [0.717, 1.165) is 32.2 Å². The van der Waals surface area contributed by atoms with E-state index in [1.807, 2.05) is 0 Å². The quantitative estimate of drug-likeness (QED) is 0.925. The Kier molecular flexibility index (Phi) is 4.47. The number of hydrogen-bond donors (Lipinski definition) is 1. The molecule has 3 nitrogen and oxygen atoms in total. The first-order valence-electron chi connectivity index (χ1n) is 9.07. The van der Waals surface area contributed by atoms with Crippen LogP contribution in [0.15, 0.2) is 24.3 Å². The zero-order valence-corrected chi connectivity index (χ0v) is 13.5. The lowest BCUT2D eigenvalue weighted by molar-refractivity contribution is -0.0937. The molecule has 2 fully saturated rings. The van der Waals surface area contributed by atoms with Gasteiger partial charge in [-0.05, 0) is 49.8 Å². The fraction of sp³-hybridized carbons (Fsp3) is 0.684. The maximum atomic E-state index is 6.44. The van der Waals surface area contributed by atoms with Crippen LogP contribution in [-0.2, 0) is 17.6 Å². The molecule has 0 bridgehead atoms. The van der Waals surface area contributed by atoms with Crippen LogP contribution >= 0.6 is 0 Å². The predicted molar refractivity (Wildman–Crippen MR) is 89.0 cm³/mol. The Hall–Kier alpha value is -0.900. The second-order valence-electron chi connectivity index (χ2n) is 7.13. The maximum absolute atomic E-state index is 6.44. The normalized spacial score (nSPS) is 29.8. The van der Waals surface area contributed by atoms with Crippen molar-refractivity contribution in [2.75, 3.05) is 19.7 Å². The number of nitrogens with one attached hydrogen (secondary N) is 1. The first kappa shape index (κ1) is 14.7. The van der Waals surface area contributed by atoms with Gasteiger partial charge in [0.05, 0.1) is 6.61 Å². The molecule has 3 aliphatic rings. The van der Waals surface area contributed by atoms with E-state index in [0.29, 0.717) is 6.04 Å². The van der Waals surface area contributed by atoms with Gasteiger partial charge >= 0.3 is 0 Å². The highest BCUT2D eigenvalue weighted by molar-refractivity contribution is 5.29. The van der Waals surface area contributed by atoms with Gasteiger partial charge in [-0.15, -0.1) is 0 Å². The summed E-state index contributed by atoms with van der Waals surface area (Å²) in [7, 11) is 0. The molecule has 0 radical (unpaired) electrons. The van der Waals surface area contributed by atoms with Crippen molar-refractivity contribution in [3.63, 3.8) is 0 Å². The van der Waals surface area contributed by atoms with Gasteiger partial charge in [0.25, 0.3) is 0 Å². The molecule has 1 aromatic carbocycles. The zero-order valence-electron chi connectivity index (χ0n) is 13.5. The van der Waals surface area contributed by atoms with E-state index in [1.165, 1.54) is 49.7 Å². The van der Waals surface area contributed by atoms with Crippen LogP contribution in [0.1, 0.15) is 43.2 Å². The van der Waals surface area contributed by atoms with Crippen molar-refractivity contribution in [2.45, 2.75) is 63.3 Å². The second kappa shape index (κ2) is 6.69. The molecule has 1 N–H and O–H groups in total. The molecule has 1 aliphatic carbocycles. The van der Waals surface area contributed by atoms with E-state index in [-0.39, 0.29) is 6.23 Å². The SMILES string of the molecule is c1ccc2c(c1)CCN(C1CCC1)C(OC[C@H]1CCCN1)C2. The van der Waals surface area contributed by atoms with Crippen LogP contribution in [0, 0.1) is 0 Å². The van der Waals surface area contributed by atoms with Crippen LogP contribution in [0.5, 0.6) is 0 Å². The van der Waals surface area contributed by atoms with Crippen molar-refractivity contribution in [2.24, 2.45) is 0 Å². The first-order valence-corrected chi connectivity index (χ1v) is 9.07. The lowest BCUT2D eigenvalue weighted by Crippen LogP contribution is -2.49. The summed E-state index contributed by atoms with van der Waals surface area (Å²) in [6, 6.07) is 10.3.